The molecule has 1 saturated heterocycles. The first-order chi connectivity index (χ1) is 13.2. The summed E-state index contributed by atoms with van der Waals surface area (Å²) in [5, 5.41) is 2.72. The van der Waals surface area contributed by atoms with Gasteiger partial charge in [0.25, 0.3) is 5.91 Å². The summed E-state index contributed by atoms with van der Waals surface area (Å²) >= 11 is 5.82. The summed E-state index contributed by atoms with van der Waals surface area (Å²) in [7, 11) is 2.89. The molecule has 2 aromatic rings. The quantitative estimate of drug-likeness (QED) is 0.768. The lowest BCUT2D eigenvalue weighted by atomic mass is 10.2. The normalized spacial score (nSPS) is 15.7. The van der Waals surface area contributed by atoms with Crippen LogP contribution in [0.5, 0.6) is 5.75 Å². The second kappa shape index (κ2) is 8.00. The van der Waals surface area contributed by atoms with Gasteiger partial charge in [-0.15, -0.1) is 0 Å². The highest BCUT2D eigenvalue weighted by molar-refractivity contribution is 6.34. The highest BCUT2D eigenvalue weighted by Crippen LogP contribution is 2.35. The van der Waals surface area contributed by atoms with Gasteiger partial charge in [-0.05, 0) is 17.7 Å². The van der Waals surface area contributed by atoms with Crippen molar-refractivity contribution in [3.05, 3.63) is 46.2 Å². The van der Waals surface area contributed by atoms with Crippen molar-refractivity contribution in [1.29, 1.82) is 0 Å². The summed E-state index contributed by atoms with van der Waals surface area (Å²) in [6.45, 7) is 2.69. The topological polar surface area (TPSA) is 50.6 Å². The number of hydrogen-bond acceptors (Lipinski definition) is 4. The minimum absolute atomic E-state index is 0.241. The molecule has 1 fully saturated rings. The van der Waals surface area contributed by atoms with Crippen molar-refractivity contribution in [2.24, 2.45) is 7.05 Å². The van der Waals surface area contributed by atoms with E-state index in [1.54, 1.807) is 7.11 Å². The standard InChI is InChI=1S/C18H20ClF3N4O2/c1-24-15(14(19)16(23-24)18(20,21)22)17(27)26-8-6-25(7-9-26)11-12-4-3-5-13(10-12)28-2/h3-5,10H,6-9,11H2,1-2H3. The number of piperazine rings is 1. The van der Waals surface area contributed by atoms with Crippen molar-refractivity contribution < 1.29 is 22.7 Å². The molecule has 1 amide bonds. The summed E-state index contributed by atoms with van der Waals surface area (Å²) in [5.74, 6) is 0.231. The molecule has 0 radical (unpaired) electrons. The van der Waals surface area contributed by atoms with Gasteiger partial charge in [-0.3, -0.25) is 14.4 Å². The lowest BCUT2D eigenvalue weighted by Gasteiger charge is -2.34. The van der Waals surface area contributed by atoms with Gasteiger partial charge >= 0.3 is 6.18 Å². The van der Waals surface area contributed by atoms with E-state index < -0.39 is 22.8 Å². The lowest BCUT2D eigenvalue weighted by Crippen LogP contribution is -2.48. The fourth-order valence-electron chi connectivity index (χ4n) is 3.20. The summed E-state index contributed by atoms with van der Waals surface area (Å²) in [6, 6.07) is 7.73. The molecule has 0 unspecified atom stereocenters. The Balaban J connectivity index is 1.65. The van der Waals surface area contributed by atoms with E-state index >= 15 is 0 Å². The predicted octanol–water partition coefficient (Wildman–Crippen LogP) is 3.06. The molecule has 152 valence electrons. The predicted molar refractivity (Wildman–Crippen MR) is 97.4 cm³/mol. The summed E-state index contributed by atoms with van der Waals surface area (Å²) in [5.41, 5.74) is -0.393. The number of carbonyl (C=O) groups excluding carboxylic acids is 1. The first kappa shape index (κ1) is 20.5. The zero-order valence-electron chi connectivity index (χ0n) is 15.5. The number of halogens is 4. The Labute approximate surface area is 165 Å². The molecule has 0 bridgehead atoms. The van der Waals surface area contributed by atoms with E-state index in [1.807, 2.05) is 24.3 Å². The third-order valence-corrected chi connectivity index (χ3v) is 5.02. The Hall–Kier alpha value is -2.26. The maximum absolute atomic E-state index is 13.0. The highest BCUT2D eigenvalue weighted by Gasteiger charge is 2.40. The first-order valence-electron chi connectivity index (χ1n) is 8.65. The fraction of sp³-hybridized carbons (Fsp3) is 0.444. The third kappa shape index (κ3) is 4.25. The van der Waals surface area contributed by atoms with E-state index in [-0.39, 0.29) is 5.69 Å². The van der Waals surface area contributed by atoms with Crippen LogP contribution in [0, 0.1) is 0 Å². The minimum atomic E-state index is -4.71. The zero-order chi connectivity index (χ0) is 20.5. The Kier molecular flexibility index (Phi) is 5.85. The Bertz CT molecular complexity index is 861. The Morgan fingerprint density at radius 3 is 2.50 bits per heavy atom. The van der Waals surface area contributed by atoms with Crippen molar-refractivity contribution in [1.82, 2.24) is 19.6 Å². The molecule has 0 N–H and O–H groups in total. The van der Waals surface area contributed by atoms with E-state index in [9.17, 15) is 18.0 Å². The second-order valence-corrected chi connectivity index (χ2v) is 6.93. The number of amides is 1. The largest absolute Gasteiger partial charge is 0.497 e. The third-order valence-electron chi connectivity index (χ3n) is 4.66. The average molecular weight is 417 g/mol. The van der Waals surface area contributed by atoms with Gasteiger partial charge in [0.15, 0.2) is 5.69 Å². The van der Waals surface area contributed by atoms with Crippen molar-refractivity contribution >= 4 is 17.5 Å². The molecule has 6 nitrogen and oxygen atoms in total. The van der Waals surface area contributed by atoms with Crippen LogP contribution in [0.2, 0.25) is 5.02 Å². The van der Waals surface area contributed by atoms with Gasteiger partial charge in [-0.1, -0.05) is 23.7 Å². The van der Waals surface area contributed by atoms with Gasteiger partial charge in [-0.2, -0.15) is 18.3 Å². The molecule has 1 aliphatic heterocycles. The molecule has 10 heteroatoms. The first-order valence-corrected chi connectivity index (χ1v) is 9.02. The molecule has 1 aromatic heterocycles. The van der Waals surface area contributed by atoms with Crippen LogP contribution in [0.3, 0.4) is 0 Å². The summed E-state index contributed by atoms with van der Waals surface area (Å²) < 4.78 is 45.0. The van der Waals surface area contributed by atoms with Gasteiger partial charge in [0.05, 0.1) is 7.11 Å². The Morgan fingerprint density at radius 1 is 1.25 bits per heavy atom. The second-order valence-electron chi connectivity index (χ2n) is 6.55. The van der Waals surface area contributed by atoms with Crippen molar-refractivity contribution in [2.75, 3.05) is 33.3 Å². The molecule has 0 spiro atoms. The number of aromatic nitrogens is 2. The maximum Gasteiger partial charge on any atom is 0.436 e. The number of hydrogen-bond donors (Lipinski definition) is 0. The van der Waals surface area contributed by atoms with Crippen LogP contribution in [0.1, 0.15) is 21.7 Å². The van der Waals surface area contributed by atoms with E-state index in [0.717, 1.165) is 16.0 Å². The number of ether oxygens (including phenoxy) is 1. The molecule has 1 aromatic carbocycles. The molecule has 0 atom stereocenters. The SMILES string of the molecule is COc1cccc(CN2CCN(C(=O)c3c(Cl)c(C(F)(F)F)nn3C)CC2)c1. The molecule has 0 saturated carbocycles. The number of aryl methyl sites for hydroxylation is 1. The highest BCUT2D eigenvalue weighted by atomic mass is 35.5. The van der Waals surface area contributed by atoms with Crippen LogP contribution in [-0.4, -0.2) is 58.8 Å². The lowest BCUT2D eigenvalue weighted by molar-refractivity contribution is -0.141. The molecule has 28 heavy (non-hydrogen) atoms. The van der Waals surface area contributed by atoms with Crippen LogP contribution in [0.15, 0.2) is 24.3 Å². The van der Waals surface area contributed by atoms with Gasteiger partial charge in [0.2, 0.25) is 0 Å². The molecule has 3 rings (SSSR count). The van der Waals surface area contributed by atoms with Crippen molar-refractivity contribution in [2.45, 2.75) is 12.7 Å². The number of benzene rings is 1. The van der Waals surface area contributed by atoms with Crippen LogP contribution in [-0.2, 0) is 19.8 Å². The molecular weight excluding hydrogens is 397 g/mol. The number of alkyl halides is 3. The van der Waals surface area contributed by atoms with Gasteiger partial charge in [0, 0.05) is 39.8 Å². The van der Waals surface area contributed by atoms with E-state index in [1.165, 1.54) is 11.9 Å². The van der Waals surface area contributed by atoms with Gasteiger partial charge in [-0.25, -0.2) is 0 Å². The zero-order valence-corrected chi connectivity index (χ0v) is 16.2. The van der Waals surface area contributed by atoms with Crippen molar-refractivity contribution in [3.63, 3.8) is 0 Å². The molecular formula is C18H20ClF3N4O2. The van der Waals surface area contributed by atoms with Gasteiger partial charge in [0.1, 0.15) is 16.5 Å². The number of carbonyl (C=O) groups is 1. The molecule has 2 heterocycles. The van der Waals surface area contributed by atoms with E-state index in [4.69, 9.17) is 16.3 Å². The fourth-order valence-corrected chi connectivity index (χ4v) is 3.55. The average Bonchev–Trinajstić information content (AvgIpc) is 2.96. The minimum Gasteiger partial charge on any atom is -0.497 e. The van der Waals surface area contributed by atoms with Crippen LogP contribution in [0.25, 0.3) is 0 Å². The van der Waals surface area contributed by atoms with Crippen molar-refractivity contribution in [3.8, 4) is 5.75 Å². The maximum atomic E-state index is 13.0. The number of methoxy groups -OCH3 is 1. The monoisotopic (exact) mass is 416 g/mol. The van der Waals surface area contributed by atoms with Crippen LogP contribution < -0.4 is 4.74 Å². The number of nitrogens with zero attached hydrogens (tertiary/aromatic N) is 4. The van der Waals surface area contributed by atoms with Crippen LogP contribution >= 0.6 is 11.6 Å². The summed E-state index contributed by atoms with van der Waals surface area (Å²) in [4.78, 5) is 16.4. The van der Waals surface area contributed by atoms with Gasteiger partial charge < -0.3 is 9.64 Å². The van der Waals surface area contributed by atoms with E-state index in [0.29, 0.717) is 32.7 Å². The molecule has 1 aliphatic rings. The smallest absolute Gasteiger partial charge is 0.436 e. The molecule has 0 aliphatic carbocycles. The van der Waals surface area contributed by atoms with Crippen LogP contribution in [0.4, 0.5) is 13.2 Å². The summed E-state index contributed by atoms with van der Waals surface area (Å²) in [6.07, 6.45) is -4.71. The Morgan fingerprint density at radius 2 is 1.93 bits per heavy atom. The van der Waals surface area contributed by atoms with E-state index in [2.05, 4.69) is 10.00 Å². The number of rotatable bonds is 4.